The third-order valence-electron chi connectivity index (χ3n) is 4.21. The molecule has 0 aliphatic heterocycles. The van der Waals surface area contributed by atoms with E-state index in [1.165, 1.54) is 12.1 Å². The van der Waals surface area contributed by atoms with Gasteiger partial charge in [-0.05, 0) is 61.2 Å². The Morgan fingerprint density at radius 2 is 1.68 bits per heavy atom. The molecule has 0 heterocycles. The quantitative estimate of drug-likeness (QED) is 0.658. The van der Waals surface area contributed by atoms with E-state index in [1.54, 1.807) is 25.1 Å². The second-order valence-electron chi connectivity index (χ2n) is 6.33. The van der Waals surface area contributed by atoms with E-state index in [0.717, 1.165) is 23.1 Å². The standard InChI is InChI=1S/C20H24N2O5S/c1-4-16-6-8-17(9-7-16)22-19(23)13-27-20(24)12-21-28(25,26)18-10-5-14(2)15(3)11-18/h5-11,21H,4,12-13H2,1-3H3,(H,22,23). The summed E-state index contributed by atoms with van der Waals surface area (Å²) >= 11 is 0. The number of esters is 1. The van der Waals surface area contributed by atoms with E-state index in [1.807, 2.05) is 26.0 Å². The lowest BCUT2D eigenvalue weighted by Crippen LogP contribution is -2.32. The molecule has 2 rings (SSSR count). The summed E-state index contributed by atoms with van der Waals surface area (Å²) in [6.07, 6.45) is 0.893. The molecule has 0 aromatic heterocycles. The van der Waals surface area contributed by atoms with Gasteiger partial charge in [0.1, 0.15) is 6.54 Å². The van der Waals surface area contributed by atoms with Crippen LogP contribution in [0.2, 0.25) is 0 Å². The summed E-state index contributed by atoms with van der Waals surface area (Å²) in [4.78, 5) is 23.7. The van der Waals surface area contributed by atoms with Gasteiger partial charge in [-0.25, -0.2) is 8.42 Å². The molecule has 0 atom stereocenters. The first-order valence-electron chi connectivity index (χ1n) is 8.82. The number of hydrogen-bond acceptors (Lipinski definition) is 5. The van der Waals surface area contributed by atoms with Crippen molar-refractivity contribution in [1.82, 2.24) is 4.72 Å². The van der Waals surface area contributed by atoms with Crippen LogP contribution >= 0.6 is 0 Å². The second kappa shape index (κ2) is 9.48. The number of nitrogens with one attached hydrogen (secondary N) is 2. The van der Waals surface area contributed by atoms with Crippen LogP contribution < -0.4 is 10.0 Å². The first-order valence-corrected chi connectivity index (χ1v) is 10.3. The molecule has 0 saturated heterocycles. The van der Waals surface area contributed by atoms with Gasteiger partial charge in [-0.1, -0.05) is 25.1 Å². The lowest BCUT2D eigenvalue weighted by molar-refractivity contribution is -0.146. The lowest BCUT2D eigenvalue weighted by Gasteiger charge is -2.09. The number of sulfonamides is 1. The molecule has 0 spiro atoms. The Bertz CT molecular complexity index is 953. The minimum Gasteiger partial charge on any atom is -0.455 e. The van der Waals surface area contributed by atoms with E-state index in [0.29, 0.717) is 5.69 Å². The molecule has 7 nitrogen and oxygen atoms in total. The van der Waals surface area contributed by atoms with Gasteiger partial charge in [0.25, 0.3) is 5.91 Å². The Balaban J connectivity index is 1.81. The predicted octanol–water partition coefficient (Wildman–Crippen LogP) is 2.33. The summed E-state index contributed by atoms with van der Waals surface area (Å²) < 4.78 is 31.5. The molecule has 2 aromatic carbocycles. The summed E-state index contributed by atoms with van der Waals surface area (Å²) in [6.45, 7) is 4.64. The SMILES string of the molecule is CCc1ccc(NC(=O)COC(=O)CNS(=O)(=O)c2ccc(C)c(C)c2)cc1. The Labute approximate surface area is 165 Å². The Hall–Kier alpha value is -2.71. The number of carbonyl (C=O) groups excluding carboxylic acids is 2. The maximum Gasteiger partial charge on any atom is 0.321 e. The summed E-state index contributed by atoms with van der Waals surface area (Å²) in [5.41, 5.74) is 3.52. The van der Waals surface area contributed by atoms with Crippen molar-refractivity contribution in [3.63, 3.8) is 0 Å². The van der Waals surface area contributed by atoms with E-state index in [9.17, 15) is 18.0 Å². The van der Waals surface area contributed by atoms with E-state index < -0.39 is 35.1 Å². The van der Waals surface area contributed by atoms with Crippen LogP contribution in [-0.4, -0.2) is 33.4 Å². The van der Waals surface area contributed by atoms with Crippen LogP contribution in [0.25, 0.3) is 0 Å². The monoisotopic (exact) mass is 404 g/mol. The highest BCUT2D eigenvalue weighted by Gasteiger charge is 2.17. The van der Waals surface area contributed by atoms with Crippen LogP contribution in [-0.2, 0) is 30.8 Å². The van der Waals surface area contributed by atoms with E-state index in [2.05, 4.69) is 10.0 Å². The van der Waals surface area contributed by atoms with Crippen molar-refractivity contribution in [3.05, 3.63) is 59.2 Å². The van der Waals surface area contributed by atoms with Gasteiger partial charge in [-0.15, -0.1) is 0 Å². The minimum atomic E-state index is -3.84. The first-order chi connectivity index (χ1) is 13.2. The van der Waals surface area contributed by atoms with Crippen molar-refractivity contribution in [2.45, 2.75) is 32.1 Å². The molecule has 2 aromatic rings. The normalized spacial score (nSPS) is 11.1. The van der Waals surface area contributed by atoms with Crippen LogP contribution in [0, 0.1) is 13.8 Å². The smallest absolute Gasteiger partial charge is 0.321 e. The van der Waals surface area contributed by atoms with Crippen LogP contribution in [0.15, 0.2) is 47.4 Å². The molecule has 150 valence electrons. The highest BCUT2D eigenvalue weighted by molar-refractivity contribution is 7.89. The van der Waals surface area contributed by atoms with Crippen molar-refractivity contribution in [1.29, 1.82) is 0 Å². The Morgan fingerprint density at radius 3 is 2.29 bits per heavy atom. The van der Waals surface area contributed by atoms with Gasteiger partial charge in [0.05, 0.1) is 4.90 Å². The highest BCUT2D eigenvalue weighted by atomic mass is 32.2. The maximum atomic E-state index is 12.2. The average Bonchev–Trinajstić information content (AvgIpc) is 2.67. The zero-order valence-corrected chi connectivity index (χ0v) is 16.9. The summed E-state index contributed by atoms with van der Waals surface area (Å²) in [5, 5.41) is 2.60. The molecule has 28 heavy (non-hydrogen) atoms. The molecule has 0 aliphatic carbocycles. The molecule has 2 N–H and O–H groups in total. The lowest BCUT2D eigenvalue weighted by atomic mass is 10.1. The Kier molecular flexibility index (Phi) is 7.31. The van der Waals surface area contributed by atoms with Gasteiger partial charge < -0.3 is 10.1 Å². The van der Waals surface area contributed by atoms with Crippen molar-refractivity contribution in [2.24, 2.45) is 0 Å². The number of ether oxygens (including phenoxy) is 1. The molecular weight excluding hydrogens is 380 g/mol. The van der Waals surface area contributed by atoms with Gasteiger partial charge in [-0.2, -0.15) is 4.72 Å². The third-order valence-corrected chi connectivity index (χ3v) is 5.60. The molecule has 0 bridgehead atoms. The topological polar surface area (TPSA) is 102 Å². The molecule has 0 saturated carbocycles. The summed E-state index contributed by atoms with van der Waals surface area (Å²) in [7, 11) is -3.84. The van der Waals surface area contributed by atoms with Gasteiger partial charge in [0, 0.05) is 5.69 Å². The fourth-order valence-electron chi connectivity index (χ4n) is 2.34. The highest BCUT2D eigenvalue weighted by Crippen LogP contribution is 2.14. The van der Waals surface area contributed by atoms with Crippen LogP contribution in [0.3, 0.4) is 0 Å². The zero-order chi connectivity index (χ0) is 20.7. The van der Waals surface area contributed by atoms with Crippen LogP contribution in [0.4, 0.5) is 5.69 Å². The number of benzene rings is 2. The molecule has 0 radical (unpaired) electrons. The number of amides is 1. The molecule has 0 fully saturated rings. The van der Waals surface area contributed by atoms with Crippen molar-refractivity contribution < 1.29 is 22.7 Å². The average molecular weight is 404 g/mol. The number of carbonyl (C=O) groups is 2. The van der Waals surface area contributed by atoms with Gasteiger partial charge in [-0.3, -0.25) is 9.59 Å². The molecule has 0 aliphatic rings. The number of anilines is 1. The first kappa shape index (κ1) is 21.6. The van der Waals surface area contributed by atoms with Gasteiger partial charge in [0.15, 0.2) is 6.61 Å². The third kappa shape index (κ3) is 6.17. The summed E-state index contributed by atoms with van der Waals surface area (Å²) in [6, 6.07) is 12.0. The minimum absolute atomic E-state index is 0.0664. The maximum absolute atomic E-state index is 12.2. The van der Waals surface area contributed by atoms with E-state index in [-0.39, 0.29) is 4.90 Å². The van der Waals surface area contributed by atoms with Crippen molar-refractivity contribution >= 4 is 27.6 Å². The Morgan fingerprint density at radius 1 is 1.00 bits per heavy atom. The van der Waals surface area contributed by atoms with Crippen molar-refractivity contribution in [3.8, 4) is 0 Å². The second-order valence-corrected chi connectivity index (χ2v) is 8.10. The predicted molar refractivity (Wildman–Crippen MR) is 107 cm³/mol. The van der Waals surface area contributed by atoms with Crippen LogP contribution in [0.1, 0.15) is 23.6 Å². The van der Waals surface area contributed by atoms with E-state index >= 15 is 0 Å². The zero-order valence-electron chi connectivity index (χ0n) is 16.1. The van der Waals surface area contributed by atoms with Crippen LogP contribution in [0.5, 0.6) is 0 Å². The number of hydrogen-bond donors (Lipinski definition) is 2. The largest absolute Gasteiger partial charge is 0.455 e. The summed E-state index contributed by atoms with van der Waals surface area (Å²) in [5.74, 6) is -1.35. The fourth-order valence-corrected chi connectivity index (χ4v) is 3.39. The number of rotatable bonds is 8. The molecular formula is C20H24N2O5S. The molecule has 1 amide bonds. The fraction of sp³-hybridized carbons (Fsp3) is 0.300. The molecule has 8 heteroatoms. The number of aryl methyl sites for hydroxylation is 3. The van der Waals surface area contributed by atoms with E-state index in [4.69, 9.17) is 4.74 Å². The molecule has 0 unspecified atom stereocenters. The van der Waals surface area contributed by atoms with Gasteiger partial charge in [0.2, 0.25) is 10.0 Å². The van der Waals surface area contributed by atoms with Gasteiger partial charge >= 0.3 is 5.97 Å². The van der Waals surface area contributed by atoms with Crippen molar-refractivity contribution in [2.75, 3.05) is 18.5 Å².